The second-order valence-corrected chi connectivity index (χ2v) is 6.12. The largest absolute Gasteiger partial charge is 0.493 e. The molecule has 0 saturated heterocycles. The highest BCUT2D eigenvalue weighted by molar-refractivity contribution is 6.05. The van der Waals surface area contributed by atoms with Crippen molar-refractivity contribution >= 4 is 11.6 Å². The lowest BCUT2D eigenvalue weighted by Gasteiger charge is -2.11. The van der Waals surface area contributed by atoms with Gasteiger partial charge in [0.1, 0.15) is 0 Å². The van der Waals surface area contributed by atoms with Crippen LogP contribution in [0.4, 0.5) is 5.69 Å². The van der Waals surface area contributed by atoms with Crippen molar-refractivity contribution in [2.24, 2.45) is 0 Å². The Balaban J connectivity index is 1.72. The van der Waals surface area contributed by atoms with Crippen LogP contribution in [0.5, 0.6) is 11.5 Å². The lowest BCUT2D eigenvalue weighted by Crippen LogP contribution is -2.16. The SMILES string of the molecule is COc1ccc(NC(=O)c2nnn(-c3ccccc3)c2-n2cccc2)cc1OC. The highest BCUT2D eigenvalue weighted by atomic mass is 16.5. The van der Waals surface area contributed by atoms with Crippen LogP contribution in [0.25, 0.3) is 11.5 Å². The fourth-order valence-electron chi connectivity index (χ4n) is 2.98. The van der Waals surface area contributed by atoms with Crippen molar-refractivity contribution < 1.29 is 14.3 Å². The monoisotopic (exact) mass is 389 g/mol. The predicted molar refractivity (Wildman–Crippen MR) is 108 cm³/mol. The first-order valence-corrected chi connectivity index (χ1v) is 8.89. The summed E-state index contributed by atoms with van der Waals surface area (Å²) >= 11 is 0. The maximum atomic E-state index is 13.0. The average Bonchev–Trinajstić information content (AvgIpc) is 3.43. The Morgan fingerprint density at radius 3 is 2.34 bits per heavy atom. The molecule has 0 aliphatic heterocycles. The van der Waals surface area contributed by atoms with E-state index in [1.807, 2.05) is 54.9 Å². The van der Waals surface area contributed by atoms with E-state index in [0.717, 1.165) is 5.69 Å². The summed E-state index contributed by atoms with van der Waals surface area (Å²) in [6.07, 6.45) is 3.68. The van der Waals surface area contributed by atoms with E-state index in [9.17, 15) is 4.79 Å². The molecule has 146 valence electrons. The molecule has 0 fully saturated rings. The van der Waals surface area contributed by atoms with E-state index >= 15 is 0 Å². The van der Waals surface area contributed by atoms with Crippen molar-refractivity contribution in [2.45, 2.75) is 0 Å². The van der Waals surface area contributed by atoms with Crippen LogP contribution in [0.1, 0.15) is 10.5 Å². The normalized spacial score (nSPS) is 10.6. The Kier molecular flexibility index (Phi) is 4.98. The minimum Gasteiger partial charge on any atom is -0.493 e. The number of ether oxygens (including phenoxy) is 2. The number of carbonyl (C=O) groups excluding carboxylic acids is 1. The maximum absolute atomic E-state index is 13.0. The number of benzene rings is 2. The number of nitrogens with zero attached hydrogens (tertiary/aromatic N) is 4. The Labute approximate surface area is 167 Å². The third-order valence-corrected chi connectivity index (χ3v) is 4.35. The highest BCUT2D eigenvalue weighted by Crippen LogP contribution is 2.30. The molecule has 1 amide bonds. The summed E-state index contributed by atoms with van der Waals surface area (Å²) in [5, 5.41) is 11.2. The molecular weight excluding hydrogens is 370 g/mol. The summed E-state index contributed by atoms with van der Waals surface area (Å²) in [7, 11) is 3.10. The van der Waals surface area contributed by atoms with Gasteiger partial charge in [0.05, 0.1) is 19.9 Å². The number of para-hydroxylation sites is 1. The lowest BCUT2D eigenvalue weighted by molar-refractivity contribution is 0.102. The summed E-state index contributed by atoms with van der Waals surface area (Å²) < 4.78 is 14.0. The third-order valence-electron chi connectivity index (χ3n) is 4.35. The molecule has 1 N–H and O–H groups in total. The van der Waals surface area contributed by atoms with Gasteiger partial charge in [-0.2, -0.15) is 4.68 Å². The average molecular weight is 389 g/mol. The number of hydrogen-bond donors (Lipinski definition) is 1. The van der Waals surface area contributed by atoms with Crippen LogP contribution in [0, 0.1) is 0 Å². The molecule has 29 heavy (non-hydrogen) atoms. The number of nitrogens with one attached hydrogen (secondary N) is 1. The molecule has 0 bridgehead atoms. The van der Waals surface area contributed by atoms with Gasteiger partial charge in [-0.15, -0.1) is 5.10 Å². The minimum atomic E-state index is -0.386. The Bertz CT molecular complexity index is 1120. The zero-order valence-electron chi connectivity index (χ0n) is 15.9. The molecular formula is C21H19N5O3. The first-order valence-electron chi connectivity index (χ1n) is 8.89. The molecule has 2 aromatic heterocycles. The quantitative estimate of drug-likeness (QED) is 0.547. The lowest BCUT2D eigenvalue weighted by atomic mass is 10.2. The number of amides is 1. The minimum absolute atomic E-state index is 0.194. The smallest absolute Gasteiger partial charge is 0.280 e. The van der Waals surface area contributed by atoms with Gasteiger partial charge in [-0.1, -0.05) is 23.4 Å². The molecule has 0 aliphatic carbocycles. The van der Waals surface area contributed by atoms with Gasteiger partial charge in [0.15, 0.2) is 23.0 Å². The molecule has 0 atom stereocenters. The van der Waals surface area contributed by atoms with Crippen molar-refractivity contribution in [2.75, 3.05) is 19.5 Å². The summed E-state index contributed by atoms with van der Waals surface area (Å²) in [4.78, 5) is 13.0. The van der Waals surface area contributed by atoms with E-state index in [2.05, 4.69) is 15.6 Å². The van der Waals surface area contributed by atoms with Gasteiger partial charge in [0, 0.05) is 24.1 Å². The zero-order valence-corrected chi connectivity index (χ0v) is 15.9. The van der Waals surface area contributed by atoms with Gasteiger partial charge >= 0.3 is 0 Å². The van der Waals surface area contributed by atoms with E-state index < -0.39 is 0 Å². The van der Waals surface area contributed by atoms with Crippen LogP contribution >= 0.6 is 0 Å². The molecule has 8 nitrogen and oxygen atoms in total. The van der Waals surface area contributed by atoms with E-state index in [1.165, 1.54) is 0 Å². The van der Waals surface area contributed by atoms with Crippen LogP contribution in [0.3, 0.4) is 0 Å². The first-order chi connectivity index (χ1) is 14.2. The Hall–Kier alpha value is -4.07. The van der Waals surface area contributed by atoms with Gasteiger partial charge in [-0.05, 0) is 36.4 Å². The fourth-order valence-corrected chi connectivity index (χ4v) is 2.98. The summed E-state index contributed by atoms with van der Waals surface area (Å²) in [6.45, 7) is 0. The second-order valence-electron chi connectivity index (χ2n) is 6.12. The van der Waals surface area contributed by atoms with E-state index in [-0.39, 0.29) is 11.6 Å². The summed E-state index contributed by atoms with van der Waals surface area (Å²) in [5.74, 6) is 1.25. The predicted octanol–water partition coefficient (Wildman–Crippen LogP) is 3.33. The van der Waals surface area contributed by atoms with Crippen molar-refractivity contribution in [1.29, 1.82) is 0 Å². The van der Waals surface area contributed by atoms with E-state index in [4.69, 9.17) is 9.47 Å². The Morgan fingerprint density at radius 1 is 0.931 bits per heavy atom. The molecule has 2 aromatic carbocycles. The number of rotatable bonds is 6. The molecule has 0 saturated carbocycles. The fraction of sp³-hybridized carbons (Fsp3) is 0.0952. The van der Waals surface area contributed by atoms with Gasteiger partial charge < -0.3 is 19.4 Å². The Morgan fingerprint density at radius 2 is 1.66 bits per heavy atom. The summed E-state index contributed by atoms with van der Waals surface area (Å²) in [6, 6.07) is 18.4. The van der Waals surface area contributed by atoms with Crippen molar-refractivity contribution in [3.05, 3.63) is 78.8 Å². The van der Waals surface area contributed by atoms with Gasteiger partial charge in [0.25, 0.3) is 5.91 Å². The number of methoxy groups -OCH3 is 2. The molecule has 0 unspecified atom stereocenters. The number of aromatic nitrogens is 4. The van der Waals surface area contributed by atoms with Crippen LogP contribution in [-0.2, 0) is 0 Å². The van der Waals surface area contributed by atoms with Crippen molar-refractivity contribution in [3.8, 4) is 23.0 Å². The second kappa shape index (κ2) is 7.89. The summed E-state index contributed by atoms with van der Waals surface area (Å²) in [5.41, 5.74) is 1.55. The molecule has 0 aliphatic rings. The molecule has 4 aromatic rings. The van der Waals surface area contributed by atoms with Gasteiger partial charge in [-0.3, -0.25) is 4.79 Å². The topological polar surface area (TPSA) is 83.2 Å². The zero-order chi connectivity index (χ0) is 20.2. The number of hydrogen-bond acceptors (Lipinski definition) is 5. The highest BCUT2D eigenvalue weighted by Gasteiger charge is 2.22. The van der Waals surface area contributed by atoms with Crippen molar-refractivity contribution in [3.63, 3.8) is 0 Å². The van der Waals surface area contributed by atoms with Crippen LogP contribution in [0.15, 0.2) is 73.1 Å². The maximum Gasteiger partial charge on any atom is 0.280 e. The van der Waals surface area contributed by atoms with Gasteiger partial charge in [0.2, 0.25) is 0 Å². The van der Waals surface area contributed by atoms with Gasteiger partial charge in [-0.25, -0.2) is 0 Å². The van der Waals surface area contributed by atoms with Crippen LogP contribution in [-0.4, -0.2) is 39.7 Å². The van der Waals surface area contributed by atoms with Crippen LogP contribution < -0.4 is 14.8 Å². The van der Waals surface area contributed by atoms with E-state index in [1.54, 1.807) is 41.7 Å². The molecule has 2 heterocycles. The number of anilines is 1. The third kappa shape index (κ3) is 3.55. The first kappa shape index (κ1) is 18.3. The molecule has 0 radical (unpaired) electrons. The number of carbonyl (C=O) groups is 1. The van der Waals surface area contributed by atoms with Crippen molar-refractivity contribution in [1.82, 2.24) is 19.6 Å². The molecule has 8 heteroatoms. The van der Waals surface area contributed by atoms with E-state index in [0.29, 0.717) is 23.0 Å². The molecule has 4 rings (SSSR count). The standard InChI is InChI=1S/C21H19N5O3/c1-28-17-11-10-15(14-18(17)29-2)22-20(27)19-21(25-12-6-7-13-25)26(24-23-19)16-8-4-3-5-9-16/h3-14H,1-2H3,(H,22,27). The molecule has 0 spiro atoms. The van der Waals surface area contributed by atoms with Crippen LogP contribution in [0.2, 0.25) is 0 Å².